The van der Waals surface area contributed by atoms with Crippen LogP contribution in [0.1, 0.15) is 21.5 Å². The maximum atomic E-state index is 13.5. The van der Waals surface area contributed by atoms with E-state index < -0.39 is 29.2 Å². The first-order chi connectivity index (χ1) is 14.1. The Morgan fingerprint density at radius 2 is 1.70 bits per heavy atom. The summed E-state index contributed by atoms with van der Waals surface area (Å²) in [5.74, 6) is -1.37. The number of rotatable bonds is 5. The minimum Gasteiger partial charge on any atom is -0.472 e. The fraction of sp³-hybridized carbons (Fsp3) is 0.100. The molecule has 0 unspecified atom stereocenters. The summed E-state index contributed by atoms with van der Waals surface area (Å²) >= 11 is 12.0. The first kappa shape index (κ1) is 21.7. The van der Waals surface area contributed by atoms with Gasteiger partial charge in [0.1, 0.15) is 6.26 Å². The minimum absolute atomic E-state index is 0.0966. The Balaban J connectivity index is 1.82. The second-order valence-electron chi connectivity index (χ2n) is 6.15. The van der Waals surface area contributed by atoms with Crippen molar-refractivity contribution < 1.29 is 27.2 Å². The molecule has 3 rings (SSSR count). The van der Waals surface area contributed by atoms with E-state index >= 15 is 0 Å². The van der Waals surface area contributed by atoms with E-state index in [-0.39, 0.29) is 27.7 Å². The van der Waals surface area contributed by atoms with Crippen LogP contribution in [-0.2, 0) is 17.4 Å². The number of carbonyl (C=O) groups is 2. The van der Waals surface area contributed by atoms with Gasteiger partial charge in [0.25, 0.3) is 5.91 Å². The molecule has 1 heterocycles. The summed E-state index contributed by atoms with van der Waals surface area (Å²) in [6, 6.07) is 9.03. The molecule has 156 valence electrons. The molecule has 2 N–H and O–H groups in total. The topological polar surface area (TPSA) is 71.3 Å². The van der Waals surface area contributed by atoms with Gasteiger partial charge in [0.2, 0.25) is 5.91 Å². The zero-order chi connectivity index (χ0) is 21.9. The molecule has 10 heteroatoms. The molecule has 2 amide bonds. The van der Waals surface area contributed by atoms with Gasteiger partial charge < -0.3 is 15.1 Å². The van der Waals surface area contributed by atoms with Crippen molar-refractivity contribution >= 4 is 46.4 Å². The molecule has 0 radical (unpaired) electrons. The van der Waals surface area contributed by atoms with E-state index in [0.29, 0.717) is 5.56 Å². The quantitative estimate of drug-likeness (QED) is 0.491. The summed E-state index contributed by atoms with van der Waals surface area (Å²) in [6.07, 6.45) is -2.66. The first-order valence-corrected chi connectivity index (χ1v) is 9.18. The van der Waals surface area contributed by atoms with E-state index in [9.17, 15) is 22.8 Å². The van der Waals surface area contributed by atoms with Crippen LogP contribution < -0.4 is 10.6 Å². The third-order valence-corrected chi connectivity index (χ3v) is 4.75. The van der Waals surface area contributed by atoms with Crippen LogP contribution in [0.25, 0.3) is 0 Å². The largest absolute Gasteiger partial charge is 0.472 e. The average Bonchev–Trinajstić information content (AvgIpc) is 3.20. The lowest BCUT2D eigenvalue weighted by Crippen LogP contribution is -2.19. The standard InChI is InChI=1S/C20H13Cl2F3N2O3/c21-15-2-1-3-16(22)13(15)9-18(28)27-17-5-4-12(8-14(17)20(23,24)25)26-19(29)11-6-7-30-10-11/h1-8,10H,9H2,(H,26,29)(H,27,28). The number of halogens is 5. The number of benzene rings is 2. The smallest absolute Gasteiger partial charge is 0.418 e. The average molecular weight is 457 g/mol. The second-order valence-corrected chi connectivity index (χ2v) is 6.96. The van der Waals surface area contributed by atoms with Crippen molar-refractivity contribution in [1.82, 2.24) is 0 Å². The summed E-state index contributed by atoms with van der Waals surface area (Å²) < 4.78 is 45.3. The van der Waals surface area contributed by atoms with Gasteiger partial charge in [0.15, 0.2) is 0 Å². The Labute approximate surface area is 178 Å². The molecule has 0 saturated heterocycles. The van der Waals surface area contributed by atoms with Crippen LogP contribution >= 0.6 is 23.2 Å². The van der Waals surface area contributed by atoms with Gasteiger partial charge in [0.05, 0.1) is 29.5 Å². The van der Waals surface area contributed by atoms with Crippen molar-refractivity contribution in [3.8, 4) is 0 Å². The lowest BCUT2D eigenvalue weighted by atomic mass is 10.1. The van der Waals surface area contributed by atoms with E-state index in [1.165, 1.54) is 30.5 Å². The molecule has 5 nitrogen and oxygen atoms in total. The Kier molecular flexibility index (Phi) is 6.38. The molecule has 0 aliphatic rings. The zero-order valence-corrected chi connectivity index (χ0v) is 16.5. The fourth-order valence-electron chi connectivity index (χ4n) is 2.62. The number of anilines is 2. The van der Waals surface area contributed by atoms with Crippen LogP contribution in [-0.4, -0.2) is 11.8 Å². The van der Waals surface area contributed by atoms with Gasteiger partial charge in [-0.3, -0.25) is 9.59 Å². The van der Waals surface area contributed by atoms with E-state index in [4.69, 9.17) is 27.6 Å². The Morgan fingerprint density at radius 1 is 1.00 bits per heavy atom. The summed E-state index contributed by atoms with van der Waals surface area (Å²) in [7, 11) is 0. The molecule has 0 saturated carbocycles. The highest BCUT2D eigenvalue weighted by molar-refractivity contribution is 6.36. The van der Waals surface area contributed by atoms with Gasteiger partial charge in [-0.1, -0.05) is 29.3 Å². The molecular weight excluding hydrogens is 444 g/mol. The summed E-state index contributed by atoms with van der Waals surface area (Å²) in [6.45, 7) is 0. The molecule has 1 aromatic heterocycles. The fourth-order valence-corrected chi connectivity index (χ4v) is 3.15. The van der Waals surface area contributed by atoms with E-state index in [1.54, 1.807) is 6.07 Å². The van der Waals surface area contributed by atoms with Gasteiger partial charge in [-0.15, -0.1) is 0 Å². The lowest BCUT2D eigenvalue weighted by Gasteiger charge is -2.16. The van der Waals surface area contributed by atoms with E-state index in [1.807, 2.05) is 0 Å². The number of alkyl halides is 3. The van der Waals surface area contributed by atoms with Gasteiger partial charge in [-0.05, 0) is 42.0 Å². The van der Waals surface area contributed by atoms with E-state index in [2.05, 4.69) is 10.6 Å². The second kappa shape index (κ2) is 8.81. The number of nitrogens with one attached hydrogen (secondary N) is 2. The molecule has 2 aromatic carbocycles. The molecule has 0 bridgehead atoms. The van der Waals surface area contributed by atoms with Crippen LogP contribution in [0.15, 0.2) is 59.4 Å². The Morgan fingerprint density at radius 3 is 2.30 bits per heavy atom. The van der Waals surface area contributed by atoms with Crippen molar-refractivity contribution in [2.45, 2.75) is 12.6 Å². The third-order valence-electron chi connectivity index (χ3n) is 4.04. The predicted octanol–water partition coefficient (Wildman–Crippen LogP) is 6.04. The Bertz CT molecular complexity index is 1060. The highest BCUT2D eigenvalue weighted by Gasteiger charge is 2.34. The minimum atomic E-state index is -4.78. The highest BCUT2D eigenvalue weighted by atomic mass is 35.5. The number of carbonyl (C=O) groups excluding carboxylic acids is 2. The number of amides is 2. The van der Waals surface area contributed by atoms with Crippen molar-refractivity contribution in [3.05, 3.63) is 81.7 Å². The lowest BCUT2D eigenvalue weighted by molar-refractivity contribution is -0.136. The van der Waals surface area contributed by atoms with Gasteiger partial charge in [-0.25, -0.2) is 0 Å². The molecule has 0 aliphatic carbocycles. The third kappa shape index (κ3) is 5.14. The normalized spacial score (nSPS) is 11.2. The maximum absolute atomic E-state index is 13.5. The molecular formula is C20H13Cl2F3N2O3. The van der Waals surface area contributed by atoms with Gasteiger partial charge in [-0.2, -0.15) is 13.2 Å². The predicted molar refractivity (Wildman–Crippen MR) is 107 cm³/mol. The SMILES string of the molecule is O=C(Cc1c(Cl)cccc1Cl)Nc1ccc(NC(=O)c2ccoc2)cc1C(F)(F)F. The molecule has 0 aliphatic heterocycles. The van der Waals surface area contributed by atoms with Gasteiger partial charge in [0, 0.05) is 15.7 Å². The van der Waals surface area contributed by atoms with Crippen molar-refractivity contribution in [2.24, 2.45) is 0 Å². The number of furan rings is 1. The van der Waals surface area contributed by atoms with Crippen molar-refractivity contribution in [1.29, 1.82) is 0 Å². The summed E-state index contributed by atoms with van der Waals surface area (Å²) in [4.78, 5) is 24.3. The Hall–Kier alpha value is -2.97. The molecule has 3 aromatic rings. The molecule has 0 spiro atoms. The monoisotopic (exact) mass is 456 g/mol. The van der Waals surface area contributed by atoms with Crippen LogP contribution in [0.2, 0.25) is 10.0 Å². The van der Waals surface area contributed by atoms with Crippen LogP contribution in [0.4, 0.5) is 24.5 Å². The zero-order valence-electron chi connectivity index (χ0n) is 15.0. The van der Waals surface area contributed by atoms with E-state index in [0.717, 1.165) is 18.4 Å². The van der Waals surface area contributed by atoms with Crippen LogP contribution in [0.5, 0.6) is 0 Å². The molecule has 0 atom stereocenters. The molecule has 30 heavy (non-hydrogen) atoms. The maximum Gasteiger partial charge on any atom is 0.418 e. The number of hydrogen-bond acceptors (Lipinski definition) is 3. The van der Waals surface area contributed by atoms with Crippen LogP contribution in [0.3, 0.4) is 0 Å². The van der Waals surface area contributed by atoms with Crippen molar-refractivity contribution in [3.63, 3.8) is 0 Å². The highest BCUT2D eigenvalue weighted by Crippen LogP contribution is 2.37. The van der Waals surface area contributed by atoms with Crippen molar-refractivity contribution in [2.75, 3.05) is 10.6 Å². The number of hydrogen-bond donors (Lipinski definition) is 2. The first-order valence-electron chi connectivity index (χ1n) is 8.42. The van der Waals surface area contributed by atoms with Crippen LogP contribution in [0, 0.1) is 0 Å². The summed E-state index contributed by atoms with van der Waals surface area (Å²) in [5.41, 5.74) is -1.22. The summed E-state index contributed by atoms with van der Waals surface area (Å²) in [5, 5.41) is 5.03. The molecule has 0 fully saturated rings. The van der Waals surface area contributed by atoms with Gasteiger partial charge >= 0.3 is 6.18 Å².